The van der Waals surface area contributed by atoms with E-state index in [1.807, 2.05) is 0 Å². The molecule has 13 fully saturated rings. The summed E-state index contributed by atoms with van der Waals surface area (Å²) in [6.45, 7) is 0. The summed E-state index contributed by atoms with van der Waals surface area (Å²) in [4.78, 5) is 6.56. The van der Waals surface area contributed by atoms with Gasteiger partial charge in [-0.2, -0.15) is 10.5 Å². The van der Waals surface area contributed by atoms with E-state index in [4.69, 9.17) is 4.74 Å². The molecule has 0 amide bonds. The van der Waals surface area contributed by atoms with Crippen molar-refractivity contribution in [2.24, 2.45) is 81.8 Å². The lowest BCUT2D eigenvalue weighted by atomic mass is 9.50. The van der Waals surface area contributed by atoms with Crippen LogP contribution in [0.5, 0.6) is 0 Å². The summed E-state index contributed by atoms with van der Waals surface area (Å²) < 4.78 is 7.22. The largest absolute Gasteiger partial charge is 0.372 e. The van der Waals surface area contributed by atoms with Gasteiger partial charge in [-0.15, -0.1) is 0 Å². The topological polar surface area (TPSA) is 63.3 Å². The minimum Gasteiger partial charge on any atom is -0.372 e. The maximum absolute atomic E-state index is 11.1. The summed E-state index contributed by atoms with van der Waals surface area (Å²) in [6, 6.07) is 10.2. The van der Waals surface area contributed by atoms with Gasteiger partial charge in [0.15, 0.2) is 0 Å². The number of fused-ring (bicyclic) bond motifs is 18. The van der Waals surface area contributed by atoms with Crippen molar-refractivity contribution in [2.45, 2.75) is 190 Å². The van der Waals surface area contributed by atoms with Gasteiger partial charge in [0.05, 0.1) is 36.2 Å². The van der Waals surface area contributed by atoms with Crippen LogP contribution in [0.3, 0.4) is 0 Å². The Morgan fingerprint density at radius 1 is 0.451 bits per heavy atom. The Morgan fingerprint density at radius 3 is 1.71 bits per heavy atom. The molecule has 0 aromatic heterocycles. The number of ether oxygens (including phenoxy) is 1. The average Bonchev–Trinajstić information content (AvgIpc) is 4.03. The highest BCUT2D eigenvalue weighted by Gasteiger charge is 2.77. The number of morpholine rings is 1. The highest BCUT2D eigenvalue weighted by molar-refractivity contribution is 5.29. The van der Waals surface area contributed by atoms with E-state index in [1.165, 1.54) is 128 Å². The molecular weight excluding hydrogens is 625 g/mol. The molecule has 13 rings (SSSR count). The molecule has 5 heteroatoms. The van der Waals surface area contributed by atoms with Crippen molar-refractivity contribution < 1.29 is 4.74 Å². The molecule has 0 radical (unpaired) electrons. The first-order valence-corrected chi connectivity index (χ1v) is 23.1. The summed E-state index contributed by atoms with van der Waals surface area (Å²) in [5.74, 6) is 8.31. The van der Waals surface area contributed by atoms with Gasteiger partial charge in [0.2, 0.25) is 0 Å². The van der Waals surface area contributed by atoms with Gasteiger partial charge in [0, 0.05) is 36.3 Å². The van der Waals surface area contributed by atoms with Crippen LogP contribution < -0.4 is 0 Å². The van der Waals surface area contributed by atoms with Crippen LogP contribution in [0.2, 0.25) is 0 Å². The van der Waals surface area contributed by atoms with Gasteiger partial charge < -0.3 is 4.74 Å². The van der Waals surface area contributed by atoms with Crippen molar-refractivity contribution in [3.63, 3.8) is 0 Å². The maximum atomic E-state index is 11.1. The fourth-order valence-electron chi connectivity index (χ4n) is 20.8. The van der Waals surface area contributed by atoms with Crippen LogP contribution in [0.1, 0.15) is 141 Å². The Hall–Kier alpha value is -1.14. The first kappa shape index (κ1) is 31.1. The lowest BCUT2D eigenvalue weighted by Gasteiger charge is -2.55. The number of hydrogen-bond acceptors (Lipinski definition) is 5. The van der Waals surface area contributed by atoms with Crippen LogP contribution in [0.4, 0.5) is 0 Å². The minimum atomic E-state index is 0.256. The Bertz CT molecular complexity index is 1530. The van der Waals surface area contributed by atoms with Crippen LogP contribution in [0.15, 0.2) is 0 Å². The molecule has 20 atom stereocenters. The maximum Gasteiger partial charge on any atom is 0.0737 e. The fourth-order valence-corrected chi connectivity index (χ4v) is 20.8. The lowest BCUT2D eigenvalue weighted by molar-refractivity contribution is -0.178. The molecule has 5 nitrogen and oxygen atoms in total. The molecule has 0 aromatic rings. The third-order valence-corrected chi connectivity index (χ3v) is 21.3. The summed E-state index contributed by atoms with van der Waals surface area (Å²) in [6.07, 6.45) is 31.3. The monoisotopic (exact) mass is 689 g/mol. The predicted molar refractivity (Wildman–Crippen MR) is 195 cm³/mol. The minimum absolute atomic E-state index is 0.256. The van der Waals surface area contributed by atoms with Gasteiger partial charge in [-0.05, 0) is 166 Å². The number of rotatable bonds is 0. The van der Waals surface area contributed by atoms with Gasteiger partial charge >= 0.3 is 0 Å². The molecule has 4 saturated heterocycles. The summed E-state index contributed by atoms with van der Waals surface area (Å²) in [7, 11) is 0. The van der Waals surface area contributed by atoms with E-state index < -0.39 is 0 Å². The smallest absolute Gasteiger partial charge is 0.0737 e. The van der Waals surface area contributed by atoms with E-state index in [2.05, 4.69) is 21.9 Å². The molecule has 274 valence electrons. The normalized spacial score (nSPS) is 59.3. The molecule has 0 N–H and O–H groups in total. The van der Waals surface area contributed by atoms with Crippen LogP contribution in [0, 0.1) is 105 Å². The second-order valence-corrected chi connectivity index (χ2v) is 22.0. The molecule has 0 bridgehead atoms. The molecule has 20 unspecified atom stereocenters. The lowest BCUT2D eigenvalue weighted by Crippen LogP contribution is -2.63. The Kier molecular flexibility index (Phi) is 6.58. The Labute approximate surface area is 308 Å². The molecule has 51 heavy (non-hydrogen) atoms. The van der Waals surface area contributed by atoms with Gasteiger partial charge in [-0.25, -0.2) is 0 Å². The molecular formula is C46H64N4O. The van der Waals surface area contributed by atoms with E-state index in [1.54, 1.807) is 0 Å². The average molecular weight is 689 g/mol. The van der Waals surface area contributed by atoms with E-state index in [9.17, 15) is 10.5 Å². The van der Waals surface area contributed by atoms with Crippen molar-refractivity contribution >= 4 is 0 Å². The number of hydrogen-bond donors (Lipinski definition) is 0. The predicted octanol–water partition coefficient (Wildman–Crippen LogP) is 8.73. The second kappa shape index (κ2) is 10.8. The third kappa shape index (κ3) is 3.72. The van der Waals surface area contributed by atoms with Crippen molar-refractivity contribution in [2.75, 3.05) is 0 Å². The fraction of sp³-hybridized carbons (Fsp3) is 0.957. The highest BCUT2D eigenvalue weighted by Crippen LogP contribution is 2.75. The first-order valence-electron chi connectivity index (χ1n) is 23.1. The zero-order chi connectivity index (χ0) is 33.4. The van der Waals surface area contributed by atoms with Crippen molar-refractivity contribution in [3.8, 4) is 12.1 Å². The van der Waals surface area contributed by atoms with Crippen LogP contribution in [-0.4, -0.2) is 58.3 Å². The van der Waals surface area contributed by atoms with E-state index in [0.717, 1.165) is 72.3 Å². The molecule has 13 aliphatic rings. The van der Waals surface area contributed by atoms with Crippen molar-refractivity contribution in [3.05, 3.63) is 0 Å². The van der Waals surface area contributed by atoms with Crippen LogP contribution in [-0.2, 0) is 4.74 Å². The van der Waals surface area contributed by atoms with Gasteiger partial charge in [0.1, 0.15) is 0 Å². The van der Waals surface area contributed by atoms with Gasteiger partial charge in [-0.3, -0.25) is 9.80 Å². The standard InChI is InChI=1S/C46H64N4O/c47-23-25-20-32-37(27-12-18-45(41(25)27)14-3-4-15-45)30-22-34-39(29-8-7-11-36-43(29)49(34)31-9-1-2-10-35(31)51-36)40-38-28-13-19-46(16-5-6-17-46)42(28)26(24-48)21-33(38)50(32)44(30)40/h25-44H,1-22H2. The Balaban J connectivity index is 0.969. The molecule has 0 aromatic carbocycles. The molecule has 2 spiro atoms. The van der Waals surface area contributed by atoms with Crippen LogP contribution >= 0.6 is 0 Å². The third-order valence-electron chi connectivity index (χ3n) is 21.3. The highest BCUT2D eigenvalue weighted by atomic mass is 16.5. The van der Waals surface area contributed by atoms with E-state index in [-0.39, 0.29) is 11.8 Å². The number of nitriles is 2. The molecule has 4 aliphatic heterocycles. The summed E-state index contributed by atoms with van der Waals surface area (Å²) in [5.41, 5.74) is 0.968. The van der Waals surface area contributed by atoms with Gasteiger partial charge in [-0.1, -0.05) is 44.9 Å². The molecule has 9 aliphatic carbocycles. The summed E-state index contributed by atoms with van der Waals surface area (Å²) >= 11 is 0. The zero-order valence-electron chi connectivity index (χ0n) is 31.3. The van der Waals surface area contributed by atoms with E-state index >= 15 is 0 Å². The van der Waals surface area contributed by atoms with E-state index in [0.29, 0.717) is 59.0 Å². The SMILES string of the molecule is N#CC1CC2C(C3CC4C(C5CCCC6OC7CCCCC7N4C65)C4C5C6CCC7(CCCC7)C6C(C#N)CC5N2C34)C2CCC3(CCCC3)C12. The Morgan fingerprint density at radius 2 is 1.02 bits per heavy atom. The second-order valence-electron chi connectivity index (χ2n) is 22.0. The zero-order valence-corrected chi connectivity index (χ0v) is 31.3. The van der Waals surface area contributed by atoms with Crippen molar-refractivity contribution in [1.82, 2.24) is 9.80 Å². The summed E-state index contributed by atoms with van der Waals surface area (Å²) in [5, 5.41) is 22.1. The molecule has 9 saturated carbocycles. The number of nitrogens with zero attached hydrogens (tertiary/aromatic N) is 4. The first-order chi connectivity index (χ1) is 25.1. The quantitative estimate of drug-likeness (QED) is 0.255. The molecule has 4 heterocycles. The van der Waals surface area contributed by atoms with Crippen molar-refractivity contribution in [1.29, 1.82) is 10.5 Å². The van der Waals surface area contributed by atoms with Crippen LogP contribution in [0.25, 0.3) is 0 Å². The van der Waals surface area contributed by atoms with Gasteiger partial charge in [0.25, 0.3) is 0 Å².